The fourth-order valence-corrected chi connectivity index (χ4v) is 7.68. The predicted molar refractivity (Wildman–Crippen MR) is 320 cm³/mol. The van der Waals surface area contributed by atoms with E-state index in [0.29, 0.717) is 12.8 Å². The Morgan fingerprint density at radius 1 is 0.284 bits per heavy atom. The molecule has 0 heterocycles. The van der Waals surface area contributed by atoms with Gasteiger partial charge in [0.15, 0.2) is 6.10 Å². The summed E-state index contributed by atoms with van der Waals surface area (Å²) in [6.07, 6.45) is 87.1. The molecule has 0 amide bonds. The van der Waals surface area contributed by atoms with E-state index in [0.717, 1.165) is 148 Å². The molecule has 6 nitrogen and oxygen atoms in total. The van der Waals surface area contributed by atoms with E-state index in [2.05, 4.69) is 167 Å². The number of esters is 3. The Kier molecular flexibility index (Phi) is 57.0. The average Bonchev–Trinajstić information content (AvgIpc) is 3.40. The number of allylic oxidation sites excluding steroid dienone is 24. The molecule has 0 saturated carbocycles. The highest BCUT2D eigenvalue weighted by Crippen LogP contribution is 2.14. The first kappa shape index (κ1) is 69.3. The second-order valence-corrected chi connectivity index (χ2v) is 19.1. The molecule has 0 aromatic heterocycles. The van der Waals surface area contributed by atoms with E-state index in [1.54, 1.807) is 0 Å². The SMILES string of the molecule is CC/C=C\C/C=C\C/C=C\C/C=C\C/C=C\C/C=C\C/C=C\CCCCCCCCCC(=O)OCC(COC(=O)CCCCCCCCCC)OC(=O)CCCCC/C=C\C/C=C\C/C=C\C/C=C\C/C=C\CC. The van der Waals surface area contributed by atoms with Crippen LogP contribution in [-0.4, -0.2) is 37.2 Å². The minimum Gasteiger partial charge on any atom is -0.462 e. The van der Waals surface area contributed by atoms with Gasteiger partial charge in [0.05, 0.1) is 0 Å². The lowest BCUT2D eigenvalue weighted by molar-refractivity contribution is -0.167. The first-order valence-electron chi connectivity index (χ1n) is 29.8. The Bertz CT molecular complexity index is 1640. The first-order chi connectivity index (χ1) is 36.5. The number of hydrogen-bond acceptors (Lipinski definition) is 6. The van der Waals surface area contributed by atoms with Gasteiger partial charge in [-0.25, -0.2) is 0 Å². The molecule has 0 aliphatic rings. The molecule has 6 heteroatoms. The topological polar surface area (TPSA) is 78.9 Å². The second-order valence-electron chi connectivity index (χ2n) is 19.1. The maximum Gasteiger partial charge on any atom is 0.306 e. The summed E-state index contributed by atoms with van der Waals surface area (Å²) in [5.41, 5.74) is 0. The highest BCUT2D eigenvalue weighted by atomic mass is 16.6. The Labute approximate surface area is 455 Å². The summed E-state index contributed by atoms with van der Waals surface area (Å²) in [6, 6.07) is 0. The van der Waals surface area contributed by atoms with Crippen LogP contribution in [0, 0.1) is 0 Å². The summed E-state index contributed by atoms with van der Waals surface area (Å²) >= 11 is 0. The van der Waals surface area contributed by atoms with Crippen LogP contribution in [0.15, 0.2) is 146 Å². The van der Waals surface area contributed by atoms with Crippen molar-refractivity contribution in [3.63, 3.8) is 0 Å². The molecule has 0 radical (unpaired) electrons. The standard InChI is InChI=1S/C68H108O6/c1-4-7-10-13-16-19-21-23-25-27-29-30-31-32-33-34-35-36-37-38-40-41-43-45-47-49-52-55-58-61-67(70)73-64-65(63-72-66(69)60-57-54-51-18-15-12-9-6-3)74-68(71)62-59-56-53-50-48-46-44-42-39-28-26-24-22-20-17-14-11-8-5-2/h7-8,10-11,16-17,19-20,23-26,29-30,32-33,35-36,38-40,42,46,48,65H,4-6,9,12-15,18,21-22,27-28,31,34,37,41,43-45,47,49-64H2,1-3H3/b10-7-,11-8-,19-16-,20-17-,25-23-,26-24-,30-29-,33-32-,36-35-,40-38-,42-39-,48-46-. The van der Waals surface area contributed by atoms with E-state index in [1.165, 1.54) is 57.8 Å². The number of hydrogen-bond donors (Lipinski definition) is 0. The quantitative estimate of drug-likeness (QED) is 0.0261. The van der Waals surface area contributed by atoms with Gasteiger partial charge in [-0.15, -0.1) is 0 Å². The van der Waals surface area contributed by atoms with Crippen LogP contribution in [0.1, 0.15) is 245 Å². The van der Waals surface area contributed by atoms with Gasteiger partial charge < -0.3 is 14.2 Å². The third-order valence-corrected chi connectivity index (χ3v) is 12.1. The molecule has 0 N–H and O–H groups in total. The molecule has 416 valence electrons. The monoisotopic (exact) mass is 1020 g/mol. The lowest BCUT2D eigenvalue weighted by atomic mass is 10.1. The zero-order valence-electron chi connectivity index (χ0n) is 47.5. The van der Waals surface area contributed by atoms with Crippen LogP contribution in [0.4, 0.5) is 0 Å². The van der Waals surface area contributed by atoms with Crippen molar-refractivity contribution in [1.82, 2.24) is 0 Å². The first-order valence-corrected chi connectivity index (χ1v) is 29.8. The molecule has 0 fully saturated rings. The lowest BCUT2D eigenvalue weighted by Crippen LogP contribution is -2.30. The number of ether oxygens (including phenoxy) is 3. The van der Waals surface area contributed by atoms with Gasteiger partial charge in [0.25, 0.3) is 0 Å². The highest BCUT2D eigenvalue weighted by Gasteiger charge is 2.19. The zero-order chi connectivity index (χ0) is 53.6. The highest BCUT2D eigenvalue weighted by molar-refractivity contribution is 5.71. The van der Waals surface area contributed by atoms with Crippen LogP contribution >= 0.6 is 0 Å². The predicted octanol–water partition coefficient (Wildman–Crippen LogP) is 20.4. The summed E-state index contributed by atoms with van der Waals surface area (Å²) in [5, 5.41) is 0. The number of carbonyl (C=O) groups excluding carboxylic acids is 3. The van der Waals surface area contributed by atoms with E-state index < -0.39 is 6.10 Å². The number of carbonyl (C=O) groups is 3. The number of unbranched alkanes of at least 4 members (excludes halogenated alkanes) is 17. The van der Waals surface area contributed by atoms with Crippen molar-refractivity contribution in [2.45, 2.75) is 252 Å². The van der Waals surface area contributed by atoms with Crippen LogP contribution in [0.25, 0.3) is 0 Å². The largest absolute Gasteiger partial charge is 0.462 e. The van der Waals surface area contributed by atoms with E-state index in [9.17, 15) is 14.4 Å². The van der Waals surface area contributed by atoms with E-state index in [4.69, 9.17) is 14.2 Å². The Morgan fingerprint density at radius 3 is 0.838 bits per heavy atom. The van der Waals surface area contributed by atoms with Crippen LogP contribution in [-0.2, 0) is 28.6 Å². The van der Waals surface area contributed by atoms with Gasteiger partial charge >= 0.3 is 17.9 Å². The lowest BCUT2D eigenvalue weighted by Gasteiger charge is -2.18. The van der Waals surface area contributed by atoms with Gasteiger partial charge in [0, 0.05) is 19.3 Å². The summed E-state index contributed by atoms with van der Waals surface area (Å²) < 4.78 is 16.8. The molecule has 0 aromatic carbocycles. The van der Waals surface area contributed by atoms with Gasteiger partial charge in [0.1, 0.15) is 13.2 Å². The summed E-state index contributed by atoms with van der Waals surface area (Å²) in [5.74, 6) is -0.953. The van der Waals surface area contributed by atoms with Gasteiger partial charge in [-0.3, -0.25) is 14.4 Å². The second kappa shape index (κ2) is 60.8. The molecule has 1 unspecified atom stereocenters. The Morgan fingerprint density at radius 2 is 0.527 bits per heavy atom. The van der Waals surface area contributed by atoms with Crippen LogP contribution < -0.4 is 0 Å². The van der Waals surface area contributed by atoms with Crippen molar-refractivity contribution in [1.29, 1.82) is 0 Å². The van der Waals surface area contributed by atoms with Crippen molar-refractivity contribution < 1.29 is 28.6 Å². The molecular weight excluding hydrogens is 913 g/mol. The van der Waals surface area contributed by atoms with Crippen LogP contribution in [0.5, 0.6) is 0 Å². The summed E-state index contributed by atoms with van der Waals surface area (Å²) in [6.45, 7) is 6.33. The van der Waals surface area contributed by atoms with Crippen molar-refractivity contribution in [3.8, 4) is 0 Å². The van der Waals surface area contributed by atoms with E-state index in [-0.39, 0.29) is 37.5 Å². The van der Waals surface area contributed by atoms with Gasteiger partial charge in [0.2, 0.25) is 0 Å². The van der Waals surface area contributed by atoms with E-state index >= 15 is 0 Å². The minimum absolute atomic E-state index is 0.0990. The molecule has 74 heavy (non-hydrogen) atoms. The average molecular weight is 1020 g/mol. The molecule has 0 spiro atoms. The number of rotatable bonds is 52. The molecule has 0 aliphatic carbocycles. The zero-order valence-corrected chi connectivity index (χ0v) is 47.5. The van der Waals surface area contributed by atoms with Gasteiger partial charge in [-0.05, 0) is 122 Å². The third kappa shape index (κ3) is 58.2. The Hall–Kier alpha value is -4.71. The van der Waals surface area contributed by atoms with Gasteiger partial charge in [-0.1, -0.05) is 250 Å². The van der Waals surface area contributed by atoms with Crippen molar-refractivity contribution >= 4 is 17.9 Å². The fraction of sp³-hybridized carbons (Fsp3) is 0.603. The Balaban J connectivity index is 4.30. The molecule has 0 aliphatic heterocycles. The van der Waals surface area contributed by atoms with Crippen molar-refractivity contribution in [2.75, 3.05) is 13.2 Å². The smallest absolute Gasteiger partial charge is 0.306 e. The molecule has 0 rings (SSSR count). The normalized spacial score (nSPS) is 13.2. The molecule has 1 atom stereocenters. The fourth-order valence-electron chi connectivity index (χ4n) is 7.68. The molecule has 0 aromatic rings. The van der Waals surface area contributed by atoms with E-state index in [1.807, 2.05) is 0 Å². The van der Waals surface area contributed by atoms with Crippen molar-refractivity contribution in [3.05, 3.63) is 146 Å². The summed E-state index contributed by atoms with van der Waals surface area (Å²) in [4.78, 5) is 38.0. The van der Waals surface area contributed by atoms with Gasteiger partial charge in [-0.2, -0.15) is 0 Å². The maximum absolute atomic E-state index is 12.8. The van der Waals surface area contributed by atoms with Crippen molar-refractivity contribution in [2.24, 2.45) is 0 Å². The van der Waals surface area contributed by atoms with Crippen LogP contribution in [0.3, 0.4) is 0 Å². The molecular formula is C68H108O6. The molecule has 0 saturated heterocycles. The minimum atomic E-state index is -0.804. The van der Waals surface area contributed by atoms with Crippen LogP contribution in [0.2, 0.25) is 0 Å². The summed E-state index contributed by atoms with van der Waals surface area (Å²) in [7, 11) is 0. The third-order valence-electron chi connectivity index (χ3n) is 12.1. The molecule has 0 bridgehead atoms. The maximum atomic E-state index is 12.8.